The summed E-state index contributed by atoms with van der Waals surface area (Å²) < 4.78 is 10.2. The van der Waals surface area contributed by atoms with Gasteiger partial charge in [0.25, 0.3) is 11.3 Å². The lowest BCUT2D eigenvalue weighted by molar-refractivity contribution is -0.306. The number of fused-ring (bicyclic) bond motifs is 1. The predicted octanol–water partition coefficient (Wildman–Crippen LogP) is -1.69. The predicted molar refractivity (Wildman–Crippen MR) is 57.0 cm³/mol. The van der Waals surface area contributed by atoms with Crippen LogP contribution in [0.15, 0.2) is 15.6 Å². The Kier molecular flexibility index (Phi) is 3.27. The van der Waals surface area contributed by atoms with Crippen LogP contribution in [0.5, 0.6) is 0 Å². The van der Waals surface area contributed by atoms with Crippen molar-refractivity contribution in [1.82, 2.24) is 14.7 Å². The number of hydrogen-bond donors (Lipinski definition) is 0. The molecule has 2 aromatic heterocycles. The molecule has 0 bridgehead atoms. The zero-order chi connectivity index (χ0) is 14.0. The van der Waals surface area contributed by atoms with Crippen molar-refractivity contribution in [2.24, 2.45) is 0 Å². The zero-order valence-electron chi connectivity index (χ0n) is 9.78. The highest BCUT2D eigenvalue weighted by Crippen LogP contribution is 2.12. The maximum absolute atomic E-state index is 12.0. The maximum Gasteiger partial charge on any atom is 0.361 e. The number of esters is 1. The lowest BCUT2D eigenvalue weighted by Crippen LogP contribution is -2.33. The lowest BCUT2D eigenvalue weighted by Gasteiger charge is -2.04. The van der Waals surface area contributed by atoms with Gasteiger partial charge in [-0.1, -0.05) is 5.16 Å². The molecule has 2 rings (SSSR count). The van der Waals surface area contributed by atoms with Crippen molar-refractivity contribution in [3.63, 3.8) is 0 Å². The van der Waals surface area contributed by atoms with Gasteiger partial charge in [0.15, 0.2) is 0 Å². The molecule has 0 spiro atoms. The maximum atomic E-state index is 12.0. The Morgan fingerprint density at radius 3 is 2.89 bits per heavy atom. The van der Waals surface area contributed by atoms with Crippen LogP contribution in [0.4, 0.5) is 0 Å². The second-order valence-corrected chi connectivity index (χ2v) is 3.48. The first-order valence-electron chi connectivity index (χ1n) is 5.26. The van der Waals surface area contributed by atoms with Crippen LogP contribution in [-0.2, 0) is 16.1 Å². The molecule has 0 aliphatic heterocycles. The van der Waals surface area contributed by atoms with Crippen molar-refractivity contribution in [3.8, 4) is 0 Å². The number of aliphatic carboxylic acids is 1. The Bertz CT molecular complexity index is 701. The van der Waals surface area contributed by atoms with Crippen LogP contribution < -0.4 is 10.7 Å². The normalized spacial score (nSPS) is 10.6. The number of carboxylic acid groups (broad SMARTS) is 1. The number of aromatic nitrogens is 3. The fraction of sp³-hybridized carbons (Fsp3) is 0.300. The largest absolute Gasteiger partial charge is 0.548 e. The van der Waals surface area contributed by atoms with Crippen LogP contribution in [0.3, 0.4) is 0 Å². The first-order valence-corrected chi connectivity index (χ1v) is 5.26. The van der Waals surface area contributed by atoms with E-state index in [0.29, 0.717) is 0 Å². The Labute approximate surface area is 105 Å². The number of hydrogen-bond acceptors (Lipinski definition) is 8. The summed E-state index contributed by atoms with van der Waals surface area (Å²) in [5.41, 5.74) is -1.26. The van der Waals surface area contributed by atoms with Crippen molar-refractivity contribution in [2.45, 2.75) is 13.5 Å². The van der Waals surface area contributed by atoms with Gasteiger partial charge in [0.05, 0.1) is 19.1 Å². The van der Waals surface area contributed by atoms with Crippen LogP contribution in [0.2, 0.25) is 0 Å². The van der Waals surface area contributed by atoms with E-state index in [1.54, 1.807) is 6.92 Å². The molecule has 0 aliphatic rings. The van der Waals surface area contributed by atoms with Gasteiger partial charge in [-0.2, -0.15) is 0 Å². The van der Waals surface area contributed by atoms with Gasteiger partial charge in [0.1, 0.15) is 11.7 Å². The topological polar surface area (TPSA) is 127 Å². The van der Waals surface area contributed by atoms with Crippen molar-refractivity contribution >= 4 is 23.0 Å². The average Bonchev–Trinajstić information content (AvgIpc) is 2.77. The summed E-state index contributed by atoms with van der Waals surface area (Å²) in [6.45, 7) is 1.00. The van der Waals surface area contributed by atoms with Gasteiger partial charge in [0.2, 0.25) is 5.69 Å². The van der Waals surface area contributed by atoms with Gasteiger partial charge >= 0.3 is 5.97 Å². The standard InChI is InChI=1S/C10H9N3O6/c1-2-18-10(17)7-6-8(19-12-7)11-4-13(9(6)16)3-5(14)15/h4H,2-3H2,1H3,(H,14,15)/p-1. The monoisotopic (exact) mass is 266 g/mol. The van der Waals surface area contributed by atoms with Gasteiger partial charge in [-0.05, 0) is 6.92 Å². The van der Waals surface area contributed by atoms with Crippen molar-refractivity contribution in [1.29, 1.82) is 0 Å². The Morgan fingerprint density at radius 2 is 2.26 bits per heavy atom. The molecular weight excluding hydrogens is 258 g/mol. The fourth-order valence-electron chi connectivity index (χ4n) is 1.47. The van der Waals surface area contributed by atoms with Gasteiger partial charge < -0.3 is 19.2 Å². The van der Waals surface area contributed by atoms with E-state index in [2.05, 4.69) is 10.1 Å². The molecule has 0 N–H and O–H groups in total. The summed E-state index contributed by atoms with van der Waals surface area (Å²) in [5.74, 6) is -2.30. The van der Waals surface area contributed by atoms with Crippen LogP contribution in [-0.4, -0.2) is 33.3 Å². The molecule has 2 heterocycles. The SMILES string of the molecule is CCOC(=O)c1noc2ncn(CC(=O)[O-])c(=O)c12. The molecule has 0 amide bonds. The second-order valence-electron chi connectivity index (χ2n) is 3.48. The average molecular weight is 266 g/mol. The highest BCUT2D eigenvalue weighted by Gasteiger charge is 2.22. The van der Waals surface area contributed by atoms with E-state index >= 15 is 0 Å². The van der Waals surface area contributed by atoms with Crippen LogP contribution in [0.25, 0.3) is 11.1 Å². The van der Waals surface area contributed by atoms with Gasteiger partial charge in [-0.3, -0.25) is 9.36 Å². The van der Waals surface area contributed by atoms with Gasteiger partial charge in [-0.15, -0.1) is 0 Å². The number of ether oxygens (including phenoxy) is 1. The molecule has 0 radical (unpaired) electrons. The summed E-state index contributed by atoms with van der Waals surface area (Å²) in [6, 6.07) is 0. The number of nitrogens with zero attached hydrogens (tertiary/aromatic N) is 3. The summed E-state index contributed by atoms with van der Waals surface area (Å²) in [7, 11) is 0. The minimum atomic E-state index is -1.46. The zero-order valence-corrected chi connectivity index (χ0v) is 9.78. The highest BCUT2D eigenvalue weighted by atomic mass is 16.5. The van der Waals surface area contributed by atoms with Gasteiger partial charge in [-0.25, -0.2) is 9.78 Å². The molecular formula is C10H8N3O6-. The molecule has 0 atom stereocenters. The molecule has 19 heavy (non-hydrogen) atoms. The molecule has 0 saturated carbocycles. The molecule has 0 aromatic carbocycles. The van der Waals surface area contributed by atoms with Crippen molar-refractivity contribution < 1.29 is 24.0 Å². The van der Waals surface area contributed by atoms with E-state index in [1.165, 1.54) is 0 Å². The first-order chi connectivity index (χ1) is 9.04. The highest BCUT2D eigenvalue weighted by molar-refractivity contribution is 5.99. The molecule has 0 fully saturated rings. The van der Waals surface area contributed by atoms with Gasteiger partial charge in [0, 0.05) is 0 Å². The third kappa shape index (κ3) is 2.30. The van der Waals surface area contributed by atoms with E-state index < -0.39 is 24.0 Å². The summed E-state index contributed by atoms with van der Waals surface area (Å²) >= 11 is 0. The number of carboxylic acids is 1. The van der Waals surface area contributed by atoms with Crippen molar-refractivity contribution in [3.05, 3.63) is 22.4 Å². The Balaban J connectivity index is 2.59. The van der Waals surface area contributed by atoms with E-state index in [4.69, 9.17) is 9.26 Å². The molecule has 9 nitrogen and oxygen atoms in total. The quantitative estimate of drug-likeness (QED) is 0.600. The van der Waals surface area contributed by atoms with E-state index in [1.807, 2.05) is 0 Å². The number of carbonyl (C=O) groups is 2. The Hall–Kier alpha value is -2.71. The lowest BCUT2D eigenvalue weighted by atomic mass is 10.3. The molecule has 100 valence electrons. The summed E-state index contributed by atoms with van der Waals surface area (Å²) in [5, 5.41) is 13.7. The molecule has 9 heteroatoms. The van der Waals surface area contributed by atoms with Crippen LogP contribution >= 0.6 is 0 Å². The van der Waals surface area contributed by atoms with E-state index in [0.717, 1.165) is 10.9 Å². The second kappa shape index (κ2) is 4.88. The minimum absolute atomic E-state index is 0.0979. The fourth-order valence-corrected chi connectivity index (χ4v) is 1.47. The third-order valence-corrected chi connectivity index (χ3v) is 2.23. The van der Waals surface area contributed by atoms with Crippen LogP contribution in [0, 0.1) is 0 Å². The minimum Gasteiger partial charge on any atom is -0.548 e. The van der Waals surface area contributed by atoms with Crippen molar-refractivity contribution in [2.75, 3.05) is 6.61 Å². The first kappa shape index (κ1) is 12.7. The Morgan fingerprint density at radius 1 is 1.53 bits per heavy atom. The molecule has 2 aromatic rings. The van der Waals surface area contributed by atoms with E-state index in [-0.39, 0.29) is 23.4 Å². The van der Waals surface area contributed by atoms with Crippen LogP contribution in [0.1, 0.15) is 17.4 Å². The number of rotatable bonds is 4. The molecule has 0 unspecified atom stereocenters. The molecule has 0 saturated heterocycles. The number of carbonyl (C=O) groups excluding carboxylic acids is 2. The van der Waals surface area contributed by atoms with E-state index in [9.17, 15) is 19.5 Å². The summed E-state index contributed by atoms with van der Waals surface area (Å²) in [4.78, 5) is 37.7. The third-order valence-electron chi connectivity index (χ3n) is 2.23. The molecule has 0 aliphatic carbocycles. The smallest absolute Gasteiger partial charge is 0.361 e. The summed E-state index contributed by atoms with van der Waals surface area (Å²) in [6.07, 6.45) is 0.973.